The average Bonchev–Trinajstić information content (AvgIpc) is 3.20. The molecule has 1 saturated heterocycles. The molecule has 4 saturated carbocycles. The van der Waals surface area contributed by atoms with E-state index in [-0.39, 0.29) is 6.09 Å². The Bertz CT molecular complexity index is 636. The second kappa shape index (κ2) is 5.92. The summed E-state index contributed by atoms with van der Waals surface area (Å²) in [6.07, 6.45) is 10.4. The Kier molecular flexibility index (Phi) is 3.68. The first-order valence-corrected chi connectivity index (χ1v) is 9.92. The summed E-state index contributed by atoms with van der Waals surface area (Å²) in [6, 6.07) is 0.312. The maximum atomic E-state index is 12.6. The number of nitrogens with zero attached hydrogens (tertiary/aromatic N) is 3. The van der Waals surface area contributed by atoms with Gasteiger partial charge in [0, 0.05) is 26.2 Å². The molecular formula is C19H28N4O2. The molecule has 1 aliphatic heterocycles. The molecule has 1 aromatic heterocycles. The van der Waals surface area contributed by atoms with Crippen molar-refractivity contribution >= 4 is 11.9 Å². The summed E-state index contributed by atoms with van der Waals surface area (Å²) in [7, 11) is 1.91. The number of aryl methyl sites for hydroxylation is 1. The van der Waals surface area contributed by atoms with Crippen LogP contribution in [0.25, 0.3) is 0 Å². The second-order valence-electron chi connectivity index (χ2n) is 8.64. The van der Waals surface area contributed by atoms with Crippen molar-refractivity contribution in [3.63, 3.8) is 0 Å². The van der Waals surface area contributed by atoms with E-state index in [2.05, 4.69) is 15.3 Å². The zero-order chi connectivity index (χ0) is 17.0. The summed E-state index contributed by atoms with van der Waals surface area (Å²) in [5, 5.41) is 7.52. The van der Waals surface area contributed by atoms with Crippen LogP contribution in [0.1, 0.15) is 44.9 Å². The topological polar surface area (TPSA) is 59.4 Å². The Morgan fingerprint density at radius 1 is 1.12 bits per heavy atom. The Hall–Kier alpha value is -1.72. The largest absolute Gasteiger partial charge is 0.413 e. The monoisotopic (exact) mass is 344 g/mol. The van der Waals surface area contributed by atoms with Crippen LogP contribution in [-0.4, -0.2) is 35.0 Å². The third-order valence-corrected chi connectivity index (χ3v) is 6.99. The molecule has 4 aliphatic carbocycles. The normalized spacial score (nSPS) is 36.0. The van der Waals surface area contributed by atoms with Gasteiger partial charge in [0.05, 0.1) is 6.20 Å². The van der Waals surface area contributed by atoms with Crippen molar-refractivity contribution in [3.8, 4) is 5.75 Å². The molecule has 1 N–H and O–H groups in total. The molecule has 0 atom stereocenters. The van der Waals surface area contributed by atoms with Crippen LogP contribution in [-0.2, 0) is 7.05 Å². The molecule has 1 aromatic rings. The van der Waals surface area contributed by atoms with Gasteiger partial charge in [-0.05, 0) is 68.6 Å². The van der Waals surface area contributed by atoms with E-state index < -0.39 is 0 Å². The van der Waals surface area contributed by atoms with Gasteiger partial charge < -0.3 is 15.0 Å². The number of anilines is 1. The molecule has 0 spiro atoms. The summed E-state index contributed by atoms with van der Waals surface area (Å²) in [5.41, 5.74) is 0. The highest BCUT2D eigenvalue weighted by molar-refractivity contribution is 5.73. The predicted molar refractivity (Wildman–Crippen MR) is 94.6 cm³/mol. The summed E-state index contributed by atoms with van der Waals surface area (Å²) < 4.78 is 7.53. The lowest BCUT2D eigenvalue weighted by atomic mass is 9.54. The SMILES string of the molecule is Cn1ncc(OC(=O)NC2C3CC4CC(C3)CC2C4)c1N1CCCC1. The summed E-state index contributed by atoms with van der Waals surface area (Å²) in [5.74, 6) is 4.67. The first-order chi connectivity index (χ1) is 12.2. The Morgan fingerprint density at radius 3 is 2.40 bits per heavy atom. The van der Waals surface area contributed by atoms with Crippen LogP contribution in [0.5, 0.6) is 5.75 Å². The van der Waals surface area contributed by atoms with Crippen molar-refractivity contribution < 1.29 is 9.53 Å². The number of rotatable bonds is 3. The van der Waals surface area contributed by atoms with E-state index >= 15 is 0 Å². The van der Waals surface area contributed by atoms with Crippen LogP contribution in [0.4, 0.5) is 10.6 Å². The molecule has 0 unspecified atom stereocenters. The molecule has 2 heterocycles. The third kappa shape index (κ3) is 2.70. The fraction of sp³-hybridized carbons (Fsp3) is 0.789. The average molecular weight is 344 g/mol. The highest BCUT2D eigenvalue weighted by Crippen LogP contribution is 2.53. The molecule has 136 valence electrons. The van der Waals surface area contributed by atoms with Crippen molar-refractivity contribution in [2.75, 3.05) is 18.0 Å². The lowest BCUT2D eigenvalue weighted by Crippen LogP contribution is -2.56. The number of hydrogen-bond acceptors (Lipinski definition) is 4. The fourth-order valence-corrected chi connectivity index (χ4v) is 6.20. The number of ether oxygens (including phenoxy) is 1. The maximum Gasteiger partial charge on any atom is 0.413 e. The van der Waals surface area contributed by atoms with E-state index in [9.17, 15) is 4.79 Å². The van der Waals surface area contributed by atoms with Crippen LogP contribution in [0, 0.1) is 23.7 Å². The number of carbonyl (C=O) groups excluding carboxylic acids is 1. The highest BCUT2D eigenvalue weighted by atomic mass is 16.6. The standard InChI is InChI=1S/C19H28N4O2/c1-22-18(23-4-2-3-5-23)16(11-20-22)25-19(24)21-17-14-7-12-6-13(9-14)10-15(17)8-12/h11-15,17H,2-10H2,1H3,(H,21,24). The molecule has 0 aromatic carbocycles. The minimum atomic E-state index is -0.300. The molecule has 5 fully saturated rings. The zero-order valence-corrected chi connectivity index (χ0v) is 15.0. The van der Waals surface area contributed by atoms with Crippen molar-refractivity contribution in [2.45, 2.75) is 51.0 Å². The van der Waals surface area contributed by atoms with Gasteiger partial charge in [-0.15, -0.1) is 0 Å². The van der Waals surface area contributed by atoms with Gasteiger partial charge in [0.1, 0.15) is 0 Å². The smallest absolute Gasteiger partial charge is 0.405 e. The van der Waals surface area contributed by atoms with E-state index in [1.165, 1.54) is 44.9 Å². The van der Waals surface area contributed by atoms with Gasteiger partial charge in [0.2, 0.25) is 0 Å². The quantitative estimate of drug-likeness (QED) is 0.916. The van der Waals surface area contributed by atoms with Gasteiger partial charge in [-0.1, -0.05) is 0 Å². The van der Waals surface area contributed by atoms with Gasteiger partial charge >= 0.3 is 6.09 Å². The van der Waals surface area contributed by atoms with E-state index in [1.807, 2.05) is 11.7 Å². The molecule has 6 heteroatoms. The third-order valence-electron chi connectivity index (χ3n) is 6.99. The highest BCUT2D eigenvalue weighted by Gasteiger charge is 2.48. The fourth-order valence-electron chi connectivity index (χ4n) is 6.20. The summed E-state index contributed by atoms with van der Waals surface area (Å²) in [6.45, 7) is 2.01. The number of hydrogen-bond donors (Lipinski definition) is 1. The van der Waals surface area contributed by atoms with Gasteiger partial charge in [0.15, 0.2) is 11.6 Å². The van der Waals surface area contributed by atoms with E-state index in [0.717, 1.165) is 30.7 Å². The van der Waals surface area contributed by atoms with E-state index in [1.54, 1.807) is 6.20 Å². The molecular weight excluding hydrogens is 316 g/mol. The number of nitrogens with one attached hydrogen (secondary N) is 1. The molecule has 6 nitrogen and oxygen atoms in total. The van der Waals surface area contributed by atoms with E-state index in [4.69, 9.17) is 4.74 Å². The Labute approximate surface area is 148 Å². The molecule has 25 heavy (non-hydrogen) atoms. The van der Waals surface area contributed by atoms with Crippen molar-refractivity contribution in [1.29, 1.82) is 0 Å². The van der Waals surface area contributed by atoms with Gasteiger partial charge in [-0.2, -0.15) is 5.10 Å². The number of carbonyl (C=O) groups is 1. The minimum absolute atomic E-state index is 0.300. The summed E-state index contributed by atoms with van der Waals surface area (Å²) >= 11 is 0. The molecule has 5 aliphatic rings. The lowest BCUT2D eigenvalue weighted by molar-refractivity contribution is -0.0114. The Balaban J connectivity index is 1.27. The van der Waals surface area contributed by atoms with Crippen molar-refractivity contribution in [3.05, 3.63) is 6.20 Å². The molecule has 0 radical (unpaired) electrons. The second-order valence-corrected chi connectivity index (χ2v) is 8.64. The van der Waals surface area contributed by atoms with Gasteiger partial charge in [-0.25, -0.2) is 9.48 Å². The van der Waals surface area contributed by atoms with Crippen LogP contribution in [0.15, 0.2) is 6.20 Å². The lowest BCUT2D eigenvalue weighted by Gasteiger charge is -2.54. The first kappa shape index (κ1) is 15.5. The van der Waals surface area contributed by atoms with Crippen LogP contribution in [0.2, 0.25) is 0 Å². The van der Waals surface area contributed by atoms with Crippen LogP contribution < -0.4 is 15.0 Å². The first-order valence-electron chi connectivity index (χ1n) is 9.92. The van der Waals surface area contributed by atoms with Crippen LogP contribution >= 0.6 is 0 Å². The van der Waals surface area contributed by atoms with Gasteiger partial charge in [-0.3, -0.25) is 0 Å². The molecule has 1 amide bonds. The van der Waals surface area contributed by atoms with Crippen LogP contribution in [0.3, 0.4) is 0 Å². The Morgan fingerprint density at radius 2 is 1.76 bits per heavy atom. The number of aromatic nitrogens is 2. The molecule has 4 bridgehead atoms. The van der Waals surface area contributed by atoms with E-state index in [0.29, 0.717) is 23.6 Å². The summed E-state index contributed by atoms with van der Waals surface area (Å²) in [4.78, 5) is 14.9. The minimum Gasteiger partial charge on any atom is -0.405 e. The molecule has 6 rings (SSSR count). The van der Waals surface area contributed by atoms with Crippen molar-refractivity contribution in [1.82, 2.24) is 15.1 Å². The number of amides is 1. The van der Waals surface area contributed by atoms with Gasteiger partial charge in [0.25, 0.3) is 0 Å². The zero-order valence-electron chi connectivity index (χ0n) is 15.0. The predicted octanol–water partition coefficient (Wildman–Crippen LogP) is 2.93. The van der Waals surface area contributed by atoms with Crippen molar-refractivity contribution in [2.24, 2.45) is 30.7 Å². The maximum absolute atomic E-state index is 12.6.